The molecule has 1 heterocycles. The largest absolute Gasteiger partial charge is 0.319 e. The summed E-state index contributed by atoms with van der Waals surface area (Å²) in [7, 11) is 1.95. The second-order valence-corrected chi connectivity index (χ2v) is 5.85. The van der Waals surface area contributed by atoms with Gasteiger partial charge in [0.2, 0.25) is 0 Å². The predicted molar refractivity (Wildman–Crippen MR) is 78.0 cm³/mol. The van der Waals surface area contributed by atoms with Crippen LogP contribution in [0.1, 0.15) is 43.9 Å². The summed E-state index contributed by atoms with van der Waals surface area (Å²) >= 11 is 0. The van der Waals surface area contributed by atoms with Gasteiger partial charge in [0.1, 0.15) is 0 Å². The molecule has 2 nitrogen and oxygen atoms in total. The summed E-state index contributed by atoms with van der Waals surface area (Å²) in [5.74, 6) is 0.482. The molecule has 4 heteroatoms. The number of nitrogens with zero attached hydrogens (tertiary/aromatic N) is 1. The summed E-state index contributed by atoms with van der Waals surface area (Å²) in [6, 6.07) is 7.59. The van der Waals surface area contributed by atoms with Crippen LogP contribution in [0.15, 0.2) is 24.3 Å². The Morgan fingerprint density at radius 1 is 1.35 bits per heavy atom. The minimum absolute atomic E-state index is 0.126. The quantitative estimate of drug-likeness (QED) is 0.887. The summed E-state index contributed by atoms with van der Waals surface area (Å²) < 4.78 is 25.8. The van der Waals surface area contributed by atoms with E-state index in [-0.39, 0.29) is 11.6 Å². The maximum absolute atomic E-state index is 12.9. The topological polar surface area (TPSA) is 15.3 Å². The van der Waals surface area contributed by atoms with Gasteiger partial charge >= 0.3 is 0 Å². The highest BCUT2D eigenvalue weighted by Crippen LogP contribution is 2.39. The molecule has 2 atom stereocenters. The van der Waals surface area contributed by atoms with Gasteiger partial charge < -0.3 is 5.32 Å². The van der Waals surface area contributed by atoms with E-state index < -0.39 is 6.43 Å². The Labute approximate surface area is 120 Å². The molecule has 0 aromatic heterocycles. The molecule has 1 aliphatic rings. The molecule has 1 aromatic rings. The Morgan fingerprint density at radius 2 is 2.10 bits per heavy atom. The van der Waals surface area contributed by atoms with Crippen molar-refractivity contribution in [2.75, 3.05) is 20.1 Å². The predicted octanol–water partition coefficient (Wildman–Crippen LogP) is 3.62. The standard InChI is InChI=1S/C16H24F2N2/c1-11(2)20-8-7-14(10-19-3)15(20)12-5-4-6-13(9-12)16(17)18/h4-6,9,11,14-16,19H,7-8,10H2,1-3H3. The molecule has 1 N–H and O–H groups in total. The molecular weight excluding hydrogens is 258 g/mol. The Morgan fingerprint density at radius 3 is 2.70 bits per heavy atom. The first-order valence-electron chi connectivity index (χ1n) is 7.33. The zero-order valence-electron chi connectivity index (χ0n) is 12.4. The molecule has 1 saturated heterocycles. The lowest BCUT2D eigenvalue weighted by atomic mass is 9.92. The minimum atomic E-state index is -2.40. The van der Waals surface area contributed by atoms with Crippen LogP contribution in [-0.4, -0.2) is 31.1 Å². The molecule has 0 aliphatic carbocycles. The zero-order chi connectivity index (χ0) is 14.7. The van der Waals surface area contributed by atoms with Crippen molar-refractivity contribution in [1.82, 2.24) is 10.2 Å². The van der Waals surface area contributed by atoms with Gasteiger partial charge in [-0.25, -0.2) is 8.78 Å². The van der Waals surface area contributed by atoms with Crippen LogP contribution in [0, 0.1) is 5.92 Å². The molecule has 0 bridgehead atoms. The summed E-state index contributed by atoms with van der Waals surface area (Å²) in [4.78, 5) is 2.42. The average Bonchev–Trinajstić information content (AvgIpc) is 2.83. The lowest BCUT2D eigenvalue weighted by molar-refractivity contribution is 0.150. The smallest absolute Gasteiger partial charge is 0.263 e. The van der Waals surface area contributed by atoms with E-state index in [1.165, 1.54) is 6.07 Å². The highest BCUT2D eigenvalue weighted by Gasteiger charge is 2.36. The Kier molecular flexibility index (Phi) is 5.11. The van der Waals surface area contributed by atoms with Gasteiger partial charge in [0.05, 0.1) is 0 Å². The van der Waals surface area contributed by atoms with E-state index in [9.17, 15) is 8.78 Å². The normalized spacial score (nSPS) is 23.9. The second kappa shape index (κ2) is 6.64. The van der Waals surface area contributed by atoms with Gasteiger partial charge in [-0.2, -0.15) is 0 Å². The van der Waals surface area contributed by atoms with E-state index in [0.29, 0.717) is 12.0 Å². The molecule has 1 aliphatic heterocycles. The van der Waals surface area contributed by atoms with E-state index in [4.69, 9.17) is 0 Å². The lowest BCUT2D eigenvalue weighted by Gasteiger charge is -2.32. The SMILES string of the molecule is CNCC1CCN(C(C)C)C1c1cccc(C(F)F)c1. The summed E-state index contributed by atoms with van der Waals surface area (Å²) in [6.45, 7) is 6.30. The van der Waals surface area contributed by atoms with Crippen LogP contribution < -0.4 is 5.32 Å². The van der Waals surface area contributed by atoms with Gasteiger partial charge in [0.25, 0.3) is 6.43 Å². The number of halogens is 2. The van der Waals surface area contributed by atoms with Crippen LogP contribution in [0.2, 0.25) is 0 Å². The zero-order valence-corrected chi connectivity index (χ0v) is 12.4. The molecule has 0 spiro atoms. The van der Waals surface area contributed by atoms with Crippen molar-refractivity contribution in [1.29, 1.82) is 0 Å². The van der Waals surface area contributed by atoms with Gasteiger partial charge in [0, 0.05) is 17.6 Å². The van der Waals surface area contributed by atoms with Crippen molar-refractivity contribution in [3.8, 4) is 0 Å². The first kappa shape index (κ1) is 15.4. The number of nitrogens with one attached hydrogen (secondary N) is 1. The average molecular weight is 282 g/mol. The van der Waals surface area contributed by atoms with E-state index in [2.05, 4.69) is 24.1 Å². The molecule has 0 saturated carbocycles. The molecule has 2 rings (SSSR count). The van der Waals surface area contributed by atoms with Crippen molar-refractivity contribution in [3.05, 3.63) is 35.4 Å². The fourth-order valence-corrected chi connectivity index (χ4v) is 3.28. The second-order valence-electron chi connectivity index (χ2n) is 5.85. The van der Waals surface area contributed by atoms with Crippen LogP contribution in [-0.2, 0) is 0 Å². The maximum Gasteiger partial charge on any atom is 0.263 e. The molecule has 2 unspecified atom stereocenters. The highest BCUT2D eigenvalue weighted by molar-refractivity contribution is 5.28. The van der Waals surface area contributed by atoms with Crippen molar-refractivity contribution < 1.29 is 8.78 Å². The summed E-state index contributed by atoms with van der Waals surface area (Å²) in [5, 5.41) is 3.23. The maximum atomic E-state index is 12.9. The highest BCUT2D eigenvalue weighted by atomic mass is 19.3. The third-order valence-electron chi connectivity index (χ3n) is 4.20. The fraction of sp³-hybridized carbons (Fsp3) is 0.625. The Balaban J connectivity index is 2.31. The van der Waals surface area contributed by atoms with Gasteiger partial charge in [-0.1, -0.05) is 18.2 Å². The number of hydrogen-bond acceptors (Lipinski definition) is 2. The molecule has 1 aromatic carbocycles. The monoisotopic (exact) mass is 282 g/mol. The molecule has 1 fully saturated rings. The van der Waals surface area contributed by atoms with Crippen LogP contribution in [0.4, 0.5) is 8.78 Å². The first-order valence-corrected chi connectivity index (χ1v) is 7.33. The fourth-order valence-electron chi connectivity index (χ4n) is 3.28. The third-order valence-corrected chi connectivity index (χ3v) is 4.20. The van der Waals surface area contributed by atoms with Crippen molar-refractivity contribution in [2.24, 2.45) is 5.92 Å². The van der Waals surface area contributed by atoms with Crippen LogP contribution in [0.3, 0.4) is 0 Å². The number of likely N-dealkylation sites (tertiary alicyclic amines) is 1. The van der Waals surface area contributed by atoms with Gasteiger partial charge in [-0.15, -0.1) is 0 Å². The number of rotatable bonds is 5. The minimum Gasteiger partial charge on any atom is -0.319 e. The first-order chi connectivity index (χ1) is 9.54. The van der Waals surface area contributed by atoms with Crippen LogP contribution in [0.5, 0.6) is 0 Å². The Bertz CT molecular complexity index is 434. The Hall–Kier alpha value is -1.00. The third kappa shape index (κ3) is 3.18. The van der Waals surface area contributed by atoms with E-state index >= 15 is 0 Å². The molecule has 0 radical (unpaired) electrons. The van der Waals surface area contributed by atoms with Crippen LogP contribution >= 0.6 is 0 Å². The van der Waals surface area contributed by atoms with Gasteiger partial charge in [0.15, 0.2) is 0 Å². The molecular formula is C16H24F2N2. The molecule has 0 amide bonds. The summed E-state index contributed by atoms with van der Waals surface area (Å²) in [6.07, 6.45) is -1.28. The van der Waals surface area contributed by atoms with Gasteiger partial charge in [-0.3, -0.25) is 4.90 Å². The van der Waals surface area contributed by atoms with E-state index in [1.54, 1.807) is 12.1 Å². The van der Waals surface area contributed by atoms with E-state index in [1.807, 2.05) is 13.1 Å². The summed E-state index contributed by atoms with van der Waals surface area (Å²) in [5.41, 5.74) is 1.15. The lowest BCUT2D eigenvalue weighted by Crippen LogP contribution is -2.33. The number of hydrogen-bond donors (Lipinski definition) is 1. The van der Waals surface area contributed by atoms with Crippen molar-refractivity contribution in [2.45, 2.75) is 38.8 Å². The number of benzene rings is 1. The van der Waals surface area contributed by atoms with Crippen molar-refractivity contribution >= 4 is 0 Å². The van der Waals surface area contributed by atoms with Crippen molar-refractivity contribution in [3.63, 3.8) is 0 Å². The molecule has 20 heavy (non-hydrogen) atoms. The van der Waals surface area contributed by atoms with E-state index in [0.717, 1.165) is 25.1 Å². The number of alkyl halides is 2. The van der Waals surface area contributed by atoms with Gasteiger partial charge in [-0.05, 0) is 58.0 Å². The van der Waals surface area contributed by atoms with Crippen LogP contribution in [0.25, 0.3) is 0 Å². The molecule has 112 valence electrons.